The third kappa shape index (κ3) is 2.79. The molecule has 0 aliphatic rings. The second kappa shape index (κ2) is 6.03. The summed E-state index contributed by atoms with van der Waals surface area (Å²) in [6.45, 7) is 4.35. The smallest absolute Gasteiger partial charge is 0.136 e. The van der Waals surface area contributed by atoms with Gasteiger partial charge in [-0.1, -0.05) is 19.1 Å². The monoisotopic (exact) mass is 249 g/mol. The normalized spacial score (nSPS) is 10.9. The van der Waals surface area contributed by atoms with Crippen LogP contribution < -0.4 is 10.1 Å². The molecule has 0 unspecified atom stereocenters. The SMILES string of the molecule is CCCNCCc1csc2c(OC)cccc12. The maximum Gasteiger partial charge on any atom is 0.136 e. The number of ether oxygens (including phenoxy) is 1. The summed E-state index contributed by atoms with van der Waals surface area (Å²) in [6.07, 6.45) is 2.28. The molecular weight excluding hydrogens is 230 g/mol. The summed E-state index contributed by atoms with van der Waals surface area (Å²) in [7, 11) is 1.73. The molecule has 1 heterocycles. The van der Waals surface area contributed by atoms with E-state index < -0.39 is 0 Å². The number of fused-ring (bicyclic) bond motifs is 1. The van der Waals surface area contributed by atoms with Crippen LogP contribution in [-0.4, -0.2) is 20.2 Å². The molecule has 0 amide bonds. The molecule has 2 nitrogen and oxygen atoms in total. The molecule has 3 heteroatoms. The molecule has 1 N–H and O–H groups in total. The molecule has 0 fully saturated rings. The average molecular weight is 249 g/mol. The molecule has 92 valence electrons. The van der Waals surface area contributed by atoms with Gasteiger partial charge in [0.2, 0.25) is 0 Å². The van der Waals surface area contributed by atoms with Crippen LogP contribution in [-0.2, 0) is 6.42 Å². The number of hydrogen-bond acceptors (Lipinski definition) is 3. The Morgan fingerprint density at radius 1 is 1.29 bits per heavy atom. The topological polar surface area (TPSA) is 21.3 Å². The van der Waals surface area contributed by atoms with Crippen molar-refractivity contribution in [2.24, 2.45) is 0 Å². The van der Waals surface area contributed by atoms with E-state index in [4.69, 9.17) is 4.74 Å². The third-order valence-corrected chi connectivity index (χ3v) is 3.92. The van der Waals surface area contributed by atoms with Gasteiger partial charge in [0.25, 0.3) is 0 Å². The first kappa shape index (κ1) is 12.4. The van der Waals surface area contributed by atoms with E-state index in [0.29, 0.717) is 0 Å². The average Bonchev–Trinajstić information content (AvgIpc) is 2.78. The van der Waals surface area contributed by atoms with E-state index in [1.165, 1.54) is 22.1 Å². The molecule has 0 spiro atoms. The summed E-state index contributed by atoms with van der Waals surface area (Å²) < 4.78 is 6.64. The number of thiophene rings is 1. The van der Waals surface area contributed by atoms with Crippen molar-refractivity contribution in [3.8, 4) is 5.75 Å². The van der Waals surface area contributed by atoms with Crippen LogP contribution in [0.4, 0.5) is 0 Å². The molecule has 2 aromatic rings. The Balaban J connectivity index is 2.13. The van der Waals surface area contributed by atoms with Gasteiger partial charge in [0.15, 0.2) is 0 Å². The van der Waals surface area contributed by atoms with Crippen molar-refractivity contribution in [1.29, 1.82) is 0 Å². The van der Waals surface area contributed by atoms with Gasteiger partial charge < -0.3 is 10.1 Å². The lowest BCUT2D eigenvalue weighted by Gasteiger charge is -2.03. The molecule has 0 bridgehead atoms. The number of rotatable bonds is 6. The molecule has 17 heavy (non-hydrogen) atoms. The van der Waals surface area contributed by atoms with Crippen molar-refractivity contribution in [3.05, 3.63) is 29.1 Å². The Morgan fingerprint density at radius 2 is 2.18 bits per heavy atom. The fourth-order valence-electron chi connectivity index (χ4n) is 1.96. The van der Waals surface area contributed by atoms with Crippen molar-refractivity contribution in [3.63, 3.8) is 0 Å². The van der Waals surface area contributed by atoms with Gasteiger partial charge >= 0.3 is 0 Å². The summed E-state index contributed by atoms with van der Waals surface area (Å²) in [5, 5.41) is 7.03. The van der Waals surface area contributed by atoms with E-state index in [1.54, 1.807) is 18.4 Å². The van der Waals surface area contributed by atoms with E-state index in [0.717, 1.165) is 25.3 Å². The van der Waals surface area contributed by atoms with Gasteiger partial charge in [0, 0.05) is 0 Å². The molecule has 0 saturated carbocycles. The standard InChI is InChI=1S/C14H19NOS/c1-3-8-15-9-7-11-10-17-14-12(11)5-4-6-13(14)16-2/h4-6,10,15H,3,7-9H2,1-2H3. The van der Waals surface area contributed by atoms with E-state index >= 15 is 0 Å². The molecule has 0 aliphatic carbocycles. The number of hydrogen-bond donors (Lipinski definition) is 1. The summed E-state index contributed by atoms with van der Waals surface area (Å²) in [4.78, 5) is 0. The van der Waals surface area contributed by atoms with Gasteiger partial charge in [-0.25, -0.2) is 0 Å². The Labute approximate surface area is 107 Å². The van der Waals surface area contributed by atoms with E-state index in [9.17, 15) is 0 Å². The minimum Gasteiger partial charge on any atom is -0.495 e. The molecule has 2 rings (SSSR count). The lowest BCUT2D eigenvalue weighted by molar-refractivity contribution is 0.420. The van der Waals surface area contributed by atoms with Crippen LogP contribution in [0.1, 0.15) is 18.9 Å². The van der Waals surface area contributed by atoms with Gasteiger partial charge in [-0.15, -0.1) is 11.3 Å². The van der Waals surface area contributed by atoms with Gasteiger partial charge in [-0.2, -0.15) is 0 Å². The molecule has 0 saturated heterocycles. The van der Waals surface area contributed by atoms with Crippen LogP contribution in [0.25, 0.3) is 10.1 Å². The van der Waals surface area contributed by atoms with Gasteiger partial charge in [0.1, 0.15) is 5.75 Å². The molecule has 1 aromatic carbocycles. The third-order valence-electron chi connectivity index (χ3n) is 2.86. The highest BCUT2D eigenvalue weighted by Crippen LogP contribution is 2.33. The van der Waals surface area contributed by atoms with Crippen LogP contribution in [0.3, 0.4) is 0 Å². The lowest BCUT2D eigenvalue weighted by Crippen LogP contribution is -2.17. The van der Waals surface area contributed by atoms with Gasteiger partial charge in [-0.05, 0) is 48.3 Å². The molecule has 0 atom stereocenters. The van der Waals surface area contributed by atoms with E-state index in [2.05, 4.69) is 29.8 Å². The zero-order valence-corrected chi connectivity index (χ0v) is 11.3. The van der Waals surface area contributed by atoms with Crippen molar-refractivity contribution >= 4 is 21.4 Å². The summed E-state index contributed by atoms with van der Waals surface area (Å²) in [6, 6.07) is 6.28. The zero-order valence-electron chi connectivity index (χ0n) is 10.5. The Kier molecular flexibility index (Phi) is 4.40. The fourth-order valence-corrected chi connectivity index (χ4v) is 3.06. The molecular formula is C14H19NOS. The Bertz CT molecular complexity index is 478. The number of nitrogens with one attached hydrogen (secondary N) is 1. The van der Waals surface area contributed by atoms with Crippen LogP contribution in [0, 0.1) is 0 Å². The molecule has 0 radical (unpaired) electrons. The summed E-state index contributed by atoms with van der Waals surface area (Å²) in [5.41, 5.74) is 1.42. The Hall–Kier alpha value is -1.06. The second-order valence-electron chi connectivity index (χ2n) is 4.10. The van der Waals surface area contributed by atoms with Crippen LogP contribution in [0.5, 0.6) is 5.75 Å². The van der Waals surface area contributed by atoms with E-state index in [-0.39, 0.29) is 0 Å². The second-order valence-corrected chi connectivity index (χ2v) is 4.98. The predicted octanol–water partition coefficient (Wildman–Crippen LogP) is 3.45. The quantitative estimate of drug-likeness (QED) is 0.792. The van der Waals surface area contributed by atoms with Crippen molar-refractivity contribution < 1.29 is 4.74 Å². The maximum absolute atomic E-state index is 5.38. The number of benzene rings is 1. The van der Waals surface area contributed by atoms with Crippen molar-refractivity contribution in [1.82, 2.24) is 5.32 Å². The summed E-state index contributed by atoms with van der Waals surface area (Å²) in [5.74, 6) is 0.986. The summed E-state index contributed by atoms with van der Waals surface area (Å²) >= 11 is 1.78. The first-order valence-corrected chi connectivity index (χ1v) is 6.98. The zero-order chi connectivity index (χ0) is 12.1. The minimum atomic E-state index is 0.986. The first-order chi connectivity index (χ1) is 8.36. The molecule has 1 aromatic heterocycles. The van der Waals surface area contributed by atoms with Crippen molar-refractivity contribution in [2.75, 3.05) is 20.2 Å². The lowest BCUT2D eigenvalue weighted by atomic mass is 10.1. The van der Waals surface area contributed by atoms with Gasteiger partial charge in [0.05, 0.1) is 11.8 Å². The highest BCUT2D eigenvalue weighted by Gasteiger charge is 2.07. The van der Waals surface area contributed by atoms with Crippen LogP contribution in [0.2, 0.25) is 0 Å². The van der Waals surface area contributed by atoms with Crippen LogP contribution in [0.15, 0.2) is 23.6 Å². The molecule has 0 aliphatic heterocycles. The Morgan fingerprint density at radius 3 is 2.94 bits per heavy atom. The number of methoxy groups -OCH3 is 1. The highest BCUT2D eigenvalue weighted by atomic mass is 32.1. The maximum atomic E-state index is 5.38. The van der Waals surface area contributed by atoms with Crippen LogP contribution >= 0.6 is 11.3 Å². The first-order valence-electron chi connectivity index (χ1n) is 6.10. The van der Waals surface area contributed by atoms with E-state index in [1.807, 2.05) is 6.07 Å². The fraction of sp³-hybridized carbons (Fsp3) is 0.429. The minimum absolute atomic E-state index is 0.986. The predicted molar refractivity (Wildman–Crippen MR) is 75.2 cm³/mol. The van der Waals surface area contributed by atoms with Crippen molar-refractivity contribution in [2.45, 2.75) is 19.8 Å². The largest absolute Gasteiger partial charge is 0.495 e. The van der Waals surface area contributed by atoms with Gasteiger partial charge in [-0.3, -0.25) is 0 Å². The highest BCUT2D eigenvalue weighted by molar-refractivity contribution is 7.17.